The summed E-state index contributed by atoms with van der Waals surface area (Å²) in [4.78, 5) is 1.24. The first-order valence-corrected chi connectivity index (χ1v) is 8.59. The van der Waals surface area contributed by atoms with Crippen molar-refractivity contribution in [3.63, 3.8) is 0 Å². The third-order valence-corrected chi connectivity index (χ3v) is 4.81. The van der Waals surface area contributed by atoms with Crippen molar-refractivity contribution in [3.05, 3.63) is 24.3 Å². The van der Waals surface area contributed by atoms with Crippen LogP contribution in [0.4, 0.5) is 0 Å². The Bertz CT molecular complexity index is 496. The van der Waals surface area contributed by atoms with Crippen LogP contribution in [0.15, 0.2) is 29.2 Å². The Balaban J connectivity index is 1.65. The van der Waals surface area contributed by atoms with Gasteiger partial charge in [-0.3, -0.25) is 5.32 Å². The van der Waals surface area contributed by atoms with E-state index in [1.807, 2.05) is 30.8 Å². The number of methoxy groups -OCH3 is 1. The predicted octanol–water partition coefficient (Wildman–Crippen LogP) is 3.99. The molecule has 1 aliphatic carbocycles. The van der Waals surface area contributed by atoms with Crippen molar-refractivity contribution in [2.24, 2.45) is 0 Å². The van der Waals surface area contributed by atoms with Crippen molar-refractivity contribution in [1.82, 2.24) is 5.32 Å². The quantitative estimate of drug-likeness (QED) is 0.553. The number of nitrogens with zero attached hydrogens (tertiary/aromatic N) is 1. The molecule has 0 bridgehead atoms. The zero-order valence-electron chi connectivity index (χ0n) is 12.9. The summed E-state index contributed by atoms with van der Waals surface area (Å²) in [5, 5.41) is 12.8. The summed E-state index contributed by atoms with van der Waals surface area (Å²) < 4.78 is 5.23. The van der Waals surface area contributed by atoms with Crippen LogP contribution in [0.5, 0.6) is 5.75 Å². The Morgan fingerprint density at radius 1 is 1.43 bits per heavy atom. The Morgan fingerprint density at radius 3 is 2.90 bits per heavy atom. The summed E-state index contributed by atoms with van der Waals surface area (Å²) in [6.45, 7) is 2.03. The van der Waals surface area contributed by atoms with Crippen LogP contribution in [0.2, 0.25) is 0 Å². The number of benzene rings is 1. The fraction of sp³-hybridized carbons (Fsp3) is 0.588. The minimum Gasteiger partial charge on any atom is -0.497 e. The molecule has 3 nitrogen and oxygen atoms in total. The fourth-order valence-electron chi connectivity index (χ4n) is 2.30. The number of unbranched alkanes of at least 4 members (excludes halogenated alkanes) is 1. The largest absolute Gasteiger partial charge is 0.497 e. The summed E-state index contributed by atoms with van der Waals surface area (Å²) >= 11 is 1.85. The van der Waals surface area contributed by atoms with Gasteiger partial charge < -0.3 is 4.74 Å². The summed E-state index contributed by atoms with van der Waals surface area (Å²) in [6.07, 6.45) is 5.59. The van der Waals surface area contributed by atoms with E-state index in [1.165, 1.54) is 17.7 Å². The van der Waals surface area contributed by atoms with Gasteiger partial charge in [0.25, 0.3) is 0 Å². The van der Waals surface area contributed by atoms with Crippen molar-refractivity contribution < 1.29 is 4.74 Å². The maximum atomic E-state index is 9.32. The summed E-state index contributed by atoms with van der Waals surface area (Å²) in [5.74, 6) is 1.99. The molecule has 0 radical (unpaired) electrons. The third kappa shape index (κ3) is 5.61. The minimum absolute atomic E-state index is 0.345. The zero-order valence-corrected chi connectivity index (χ0v) is 13.7. The van der Waals surface area contributed by atoms with Crippen molar-refractivity contribution in [3.8, 4) is 11.8 Å². The van der Waals surface area contributed by atoms with Crippen LogP contribution < -0.4 is 10.1 Å². The van der Waals surface area contributed by atoms with E-state index in [9.17, 15) is 5.26 Å². The van der Waals surface area contributed by atoms with Gasteiger partial charge in [-0.2, -0.15) is 5.26 Å². The molecular formula is C17H24N2OS. The number of rotatable bonds is 9. The van der Waals surface area contributed by atoms with Gasteiger partial charge in [-0.25, -0.2) is 0 Å². The van der Waals surface area contributed by atoms with E-state index in [4.69, 9.17) is 4.74 Å². The minimum atomic E-state index is -0.345. The lowest BCUT2D eigenvalue weighted by molar-refractivity contribution is 0.402. The number of nitriles is 1. The van der Waals surface area contributed by atoms with E-state index >= 15 is 0 Å². The van der Waals surface area contributed by atoms with E-state index in [0.29, 0.717) is 6.04 Å². The topological polar surface area (TPSA) is 45.0 Å². The Hall–Kier alpha value is -1.18. The van der Waals surface area contributed by atoms with E-state index in [2.05, 4.69) is 23.5 Å². The molecule has 1 atom stereocenters. The highest BCUT2D eigenvalue weighted by molar-refractivity contribution is 7.99. The first-order valence-electron chi connectivity index (χ1n) is 7.61. The zero-order chi connectivity index (χ0) is 15.1. The molecule has 0 heterocycles. The highest BCUT2D eigenvalue weighted by atomic mass is 32.2. The van der Waals surface area contributed by atoms with Gasteiger partial charge in [0.1, 0.15) is 11.3 Å². The van der Waals surface area contributed by atoms with Crippen molar-refractivity contribution in [2.45, 2.75) is 55.5 Å². The van der Waals surface area contributed by atoms with Crippen LogP contribution in [0, 0.1) is 11.3 Å². The van der Waals surface area contributed by atoms with Gasteiger partial charge in [-0.15, -0.1) is 11.8 Å². The molecule has 1 aromatic carbocycles. The molecule has 4 heteroatoms. The normalized spacial score (nSPS) is 17.0. The SMILES string of the molecule is COc1cccc(SCCCCC(C)(C#N)NC2CC2)c1. The fourth-order valence-corrected chi connectivity index (χ4v) is 3.26. The summed E-state index contributed by atoms with van der Waals surface area (Å²) in [5.41, 5.74) is -0.345. The molecule has 0 aromatic heterocycles. The van der Waals surface area contributed by atoms with Gasteiger partial charge in [-0.05, 0) is 63.0 Å². The average Bonchev–Trinajstić information content (AvgIpc) is 3.31. The van der Waals surface area contributed by atoms with Gasteiger partial charge in [0, 0.05) is 10.9 Å². The molecule has 0 saturated heterocycles. The molecule has 0 aliphatic heterocycles. The van der Waals surface area contributed by atoms with Gasteiger partial charge in [0.15, 0.2) is 0 Å². The lowest BCUT2D eigenvalue weighted by Crippen LogP contribution is -2.42. The lowest BCUT2D eigenvalue weighted by atomic mass is 9.96. The molecule has 114 valence electrons. The molecule has 1 aromatic rings. The molecule has 0 amide bonds. The van der Waals surface area contributed by atoms with Crippen molar-refractivity contribution >= 4 is 11.8 Å². The van der Waals surface area contributed by atoms with Gasteiger partial charge in [-0.1, -0.05) is 6.07 Å². The van der Waals surface area contributed by atoms with Crippen LogP contribution in [0.3, 0.4) is 0 Å². The summed E-state index contributed by atoms with van der Waals surface area (Å²) in [7, 11) is 1.69. The van der Waals surface area contributed by atoms with Crippen LogP contribution in [-0.2, 0) is 0 Å². The monoisotopic (exact) mass is 304 g/mol. The van der Waals surface area contributed by atoms with Gasteiger partial charge in [0.05, 0.1) is 13.2 Å². The van der Waals surface area contributed by atoms with Crippen LogP contribution >= 0.6 is 11.8 Å². The maximum Gasteiger partial charge on any atom is 0.119 e. The third-order valence-electron chi connectivity index (χ3n) is 3.73. The molecule has 2 rings (SSSR count). The predicted molar refractivity (Wildman–Crippen MR) is 87.7 cm³/mol. The summed E-state index contributed by atoms with van der Waals surface area (Å²) in [6, 6.07) is 11.2. The first-order chi connectivity index (χ1) is 10.1. The van der Waals surface area contributed by atoms with Crippen molar-refractivity contribution in [2.75, 3.05) is 12.9 Å². The van der Waals surface area contributed by atoms with Crippen LogP contribution in [0.25, 0.3) is 0 Å². The number of hydrogen-bond donors (Lipinski definition) is 1. The second-order valence-corrected chi connectivity index (χ2v) is 7.02. The van der Waals surface area contributed by atoms with E-state index in [1.54, 1.807) is 7.11 Å². The highest BCUT2D eigenvalue weighted by Gasteiger charge is 2.31. The van der Waals surface area contributed by atoms with Crippen molar-refractivity contribution in [1.29, 1.82) is 5.26 Å². The standard InChI is InChI=1S/C17H24N2OS/c1-17(13-18,19-14-8-9-14)10-3-4-11-21-16-7-5-6-15(12-16)20-2/h5-7,12,14,19H,3-4,8-11H2,1-2H3. The number of ether oxygens (including phenoxy) is 1. The van der Waals surface area contributed by atoms with Gasteiger partial charge >= 0.3 is 0 Å². The molecule has 1 N–H and O–H groups in total. The van der Waals surface area contributed by atoms with E-state index < -0.39 is 0 Å². The smallest absolute Gasteiger partial charge is 0.119 e. The average molecular weight is 304 g/mol. The van der Waals surface area contributed by atoms with E-state index in [-0.39, 0.29) is 5.54 Å². The first kappa shape index (κ1) is 16.2. The molecule has 0 spiro atoms. The Labute approximate surface area is 132 Å². The Morgan fingerprint density at radius 2 is 2.24 bits per heavy atom. The number of hydrogen-bond acceptors (Lipinski definition) is 4. The molecule has 1 saturated carbocycles. The van der Waals surface area contributed by atoms with E-state index in [0.717, 1.165) is 30.8 Å². The number of thioether (sulfide) groups is 1. The molecule has 1 unspecified atom stereocenters. The molecule has 1 aliphatic rings. The Kier molecular flexibility index (Phi) is 5.96. The second-order valence-electron chi connectivity index (χ2n) is 5.85. The molecule has 21 heavy (non-hydrogen) atoms. The molecule has 1 fully saturated rings. The second kappa shape index (κ2) is 7.72. The number of nitrogens with one attached hydrogen (secondary N) is 1. The highest BCUT2D eigenvalue weighted by Crippen LogP contribution is 2.26. The molecular weight excluding hydrogens is 280 g/mol. The van der Waals surface area contributed by atoms with Gasteiger partial charge in [0.2, 0.25) is 0 Å². The van der Waals surface area contributed by atoms with Crippen LogP contribution in [-0.4, -0.2) is 24.4 Å². The van der Waals surface area contributed by atoms with Crippen LogP contribution in [0.1, 0.15) is 39.0 Å². The maximum absolute atomic E-state index is 9.32. The lowest BCUT2D eigenvalue weighted by Gasteiger charge is -2.23.